The highest BCUT2D eigenvalue weighted by Gasteiger charge is 2.38. The van der Waals surface area contributed by atoms with E-state index in [0.29, 0.717) is 23.8 Å². The number of sulfonamides is 1. The van der Waals surface area contributed by atoms with E-state index in [1.165, 1.54) is 16.6 Å². The number of amides is 1. The van der Waals surface area contributed by atoms with Crippen molar-refractivity contribution < 1.29 is 13.2 Å². The molecule has 1 aliphatic rings. The zero-order chi connectivity index (χ0) is 21.3. The van der Waals surface area contributed by atoms with Gasteiger partial charge in [0.1, 0.15) is 10.6 Å². The second-order valence-electron chi connectivity index (χ2n) is 7.43. The molecule has 1 unspecified atom stereocenters. The molecule has 0 radical (unpaired) electrons. The summed E-state index contributed by atoms with van der Waals surface area (Å²) in [4.78, 5) is 15.5. The smallest absolute Gasteiger partial charge is 0.271 e. The Morgan fingerprint density at radius 2 is 1.79 bits per heavy atom. The number of hydrogen-bond donors (Lipinski definition) is 0. The van der Waals surface area contributed by atoms with E-state index in [9.17, 15) is 13.2 Å². The molecule has 1 saturated carbocycles. The van der Waals surface area contributed by atoms with E-state index < -0.39 is 10.0 Å². The summed E-state index contributed by atoms with van der Waals surface area (Å²) in [6, 6.07) is 9.03. The Hall–Kier alpha value is -1.83. The van der Waals surface area contributed by atoms with Crippen LogP contribution in [0.25, 0.3) is 0 Å². The Morgan fingerprint density at radius 3 is 2.31 bits per heavy atom. The quantitative estimate of drug-likeness (QED) is 0.625. The van der Waals surface area contributed by atoms with Crippen LogP contribution in [-0.2, 0) is 17.1 Å². The molecule has 0 spiro atoms. The van der Waals surface area contributed by atoms with Gasteiger partial charge in [-0.3, -0.25) is 4.79 Å². The van der Waals surface area contributed by atoms with Crippen molar-refractivity contribution in [2.24, 2.45) is 7.05 Å². The summed E-state index contributed by atoms with van der Waals surface area (Å²) < 4.78 is 28.7. The molecule has 6 nitrogen and oxygen atoms in total. The lowest BCUT2D eigenvalue weighted by Gasteiger charge is -2.30. The molecular formula is C21H28ClN3O3S. The van der Waals surface area contributed by atoms with Crippen LogP contribution in [-0.4, -0.2) is 47.2 Å². The topological polar surface area (TPSA) is 62.6 Å². The van der Waals surface area contributed by atoms with E-state index in [2.05, 4.69) is 0 Å². The number of halogens is 1. The predicted octanol–water partition coefficient (Wildman–Crippen LogP) is 4.07. The summed E-state index contributed by atoms with van der Waals surface area (Å²) >= 11 is 6.00. The van der Waals surface area contributed by atoms with E-state index in [-0.39, 0.29) is 22.9 Å². The molecule has 1 aliphatic carbocycles. The maximum Gasteiger partial charge on any atom is 0.271 e. The molecule has 0 aliphatic heterocycles. The maximum absolute atomic E-state index is 13.4. The molecule has 29 heavy (non-hydrogen) atoms. The van der Waals surface area contributed by atoms with Gasteiger partial charge in [0.25, 0.3) is 5.91 Å². The number of rotatable bonds is 8. The molecule has 158 valence electrons. The lowest BCUT2D eigenvalue weighted by Crippen LogP contribution is -2.36. The normalized spacial score (nSPS) is 15.5. The zero-order valence-corrected chi connectivity index (χ0v) is 18.9. The first-order chi connectivity index (χ1) is 13.7. The van der Waals surface area contributed by atoms with Crippen molar-refractivity contribution in [3.05, 3.63) is 52.8 Å². The van der Waals surface area contributed by atoms with Gasteiger partial charge in [-0.05, 0) is 43.5 Å². The Balaban J connectivity index is 1.94. The van der Waals surface area contributed by atoms with Crippen LogP contribution in [0, 0.1) is 0 Å². The molecule has 1 heterocycles. The van der Waals surface area contributed by atoms with Crippen molar-refractivity contribution in [3.63, 3.8) is 0 Å². The van der Waals surface area contributed by atoms with Gasteiger partial charge in [-0.1, -0.05) is 37.6 Å². The van der Waals surface area contributed by atoms with Crippen molar-refractivity contribution in [1.29, 1.82) is 0 Å². The molecular weight excluding hydrogens is 410 g/mol. The molecule has 2 aromatic rings. The highest BCUT2D eigenvalue weighted by Crippen LogP contribution is 2.36. The Morgan fingerprint density at radius 1 is 1.21 bits per heavy atom. The number of hydrogen-bond acceptors (Lipinski definition) is 3. The molecule has 0 saturated heterocycles. The molecule has 1 aromatic carbocycles. The average molecular weight is 438 g/mol. The number of benzene rings is 1. The van der Waals surface area contributed by atoms with Gasteiger partial charge >= 0.3 is 0 Å². The summed E-state index contributed by atoms with van der Waals surface area (Å²) in [5.41, 5.74) is 1.38. The first-order valence-corrected chi connectivity index (χ1v) is 11.8. The fraction of sp³-hybridized carbons (Fsp3) is 0.476. The van der Waals surface area contributed by atoms with Gasteiger partial charge < -0.3 is 9.47 Å². The van der Waals surface area contributed by atoms with Crippen LogP contribution >= 0.6 is 11.6 Å². The number of aryl methyl sites for hydroxylation is 1. The molecule has 0 bridgehead atoms. The van der Waals surface area contributed by atoms with Crippen LogP contribution in [0.3, 0.4) is 0 Å². The summed E-state index contributed by atoms with van der Waals surface area (Å²) in [6.07, 6.45) is 3.44. The summed E-state index contributed by atoms with van der Waals surface area (Å²) in [5.74, 6) is -0.154. The number of aromatic nitrogens is 1. The van der Waals surface area contributed by atoms with Crippen LogP contribution in [0.2, 0.25) is 5.02 Å². The van der Waals surface area contributed by atoms with Gasteiger partial charge in [0.2, 0.25) is 10.0 Å². The highest BCUT2D eigenvalue weighted by molar-refractivity contribution is 7.89. The minimum Gasteiger partial charge on any atom is -0.345 e. The number of carbonyl (C=O) groups is 1. The van der Waals surface area contributed by atoms with Gasteiger partial charge in [0.05, 0.1) is 6.04 Å². The van der Waals surface area contributed by atoms with Crippen molar-refractivity contribution in [3.8, 4) is 0 Å². The third-order valence-corrected chi connectivity index (χ3v) is 7.75. The van der Waals surface area contributed by atoms with Crippen LogP contribution in [0.4, 0.5) is 0 Å². The predicted molar refractivity (Wildman–Crippen MR) is 115 cm³/mol. The second kappa shape index (κ2) is 8.50. The Labute approximate surface area is 178 Å². The lowest BCUT2D eigenvalue weighted by molar-refractivity contribution is 0.0664. The molecule has 8 heteroatoms. The first kappa shape index (κ1) is 21.9. The molecule has 0 N–H and O–H groups in total. The fourth-order valence-corrected chi connectivity index (χ4v) is 5.30. The maximum atomic E-state index is 13.4. The van der Waals surface area contributed by atoms with Crippen molar-refractivity contribution in [2.45, 2.75) is 50.6 Å². The summed E-state index contributed by atoms with van der Waals surface area (Å²) in [5, 5.41) is 0.652. The van der Waals surface area contributed by atoms with E-state index in [1.807, 2.05) is 36.1 Å². The molecule has 1 fully saturated rings. The molecule has 1 atom stereocenters. The van der Waals surface area contributed by atoms with Gasteiger partial charge in [-0.15, -0.1) is 0 Å². The van der Waals surface area contributed by atoms with Crippen LogP contribution < -0.4 is 0 Å². The van der Waals surface area contributed by atoms with Gasteiger partial charge in [-0.25, -0.2) is 8.42 Å². The fourth-order valence-electron chi connectivity index (χ4n) is 3.65. The Kier molecular flexibility index (Phi) is 6.41. The molecule has 1 amide bonds. The third-order valence-electron chi connectivity index (χ3n) is 5.49. The largest absolute Gasteiger partial charge is 0.345 e. The van der Waals surface area contributed by atoms with Gasteiger partial charge in [0, 0.05) is 37.4 Å². The van der Waals surface area contributed by atoms with E-state index in [4.69, 9.17) is 11.6 Å². The SMILES string of the molecule is CCN(CC)S(=O)(=O)c1cc(C(=O)N(C2CC2)C(C)c2ccc(Cl)cc2)n(C)c1. The van der Waals surface area contributed by atoms with Gasteiger partial charge in [-0.2, -0.15) is 4.31 Å². The standard InChI is InChI=1S/C21H28ClN3O3S/c1-5-24(6-2)29(27,28)19-13-20(23(4)14-19)21(26)25(18-11-12-18)15(3)16-7-9-17(22)10-8-16/h7-10,13-15,18H,5-6,11-12H2,1-4H3. The lowest BCUT2D eigenvalue weighted by atomic mass is 10.1. The van der Waals surface area contributed by atoms with Crippen molar-refractivity contribution in [1.82, 2.24) is 13.8 Å². The average Bonchev–Trinajstić information content (AvgIpc) is 3.43. The minimum atomic E-state index is -3.62. The summed E-state index contributed by atoms with van der Waals surface area (Å²) in [7, 11) is -1.90. The highest BCUT2D eigenvalue weighted by atomic mass is 35.5. The Bertz CT molecular complexity index is 977. The van der Waals surface area contributed by atoms with E-state index in [0.717, 1.165) is 18.4 Å². The third kappa shape index (κ3) is 4.37. The first-order valence-electron chi connectivity index (χ1n) is 9.95. The van der Waals surface area contributed by atoms with Crippen LogP contribution in [0.1, 0.15) is 55.7 Å². The second-order valence-corrected chi connectivity index (χ2v) is 9.81. The molecule has 3 rings (SSSR count). The molecule has 1 aromatic heterocycles. The van der Waals surface area contributed by atoms with Gasteiger partial charge in [0.15, 0.2) is 0 Å². The monoisotopic (exact) mass is 437 g/mol. The van der Waals surface area contributed by atoms with Crippen LogP contribution in [0.15, 0.2) is 41.4 Å². The van der Waals surface area contributed by atoms with Crippen molar-refractivity contribution in [2.75, 3.05) is 13.1 Å². The minimum absolute atomic E-state index is 0.134. The number of carbonyl (C=O) groups excluding carboxylic acids is 1. The number of nitrogens with zero attached hydrogens (tertiary/aromatic N) is 3. The van der Waals surface area contributed by atoms with Crippen molar-refractivity contribution >= 4 is 27.5 Å². The van der Waals surface area contributed by atoms with E-state index in [1.54, 1.807) is 25.5 Å². The van der Waals surface area contributed by atoms with E-state index >= 15 is 0 Å². The van der Waals surface area contributed by atoms with Crippen LogP contribution in [0.5, 0.6) is 0 Å². The zero-order valence-electron chi connectivity index (χ0n) is 17.3. The summed E-state index contributed by atoms with van der Waals surface area (Å²) in [6.45, 7) is 6.38.